The van der Waals surface area contributed by atoms with E-state index in [1.807, 2.05) is 0 Å². The van der Waals surface area contributed by atoms with Gasteiger partial charge >= 0.3 is 0 Å². The lowest BCUT2D eigenvalue weighted by atomic mass is 9.92. The maximum Gasteiger partial charge on any atom is -0.0259 e. The van der Waals surface area contributed by atoms with E-state index in [9.17, 15) is 0 Å². The quantitative estimate of drug-likeness (QED) is 0.344. The molecule has 1 rings (SSSR count). The monoisotopic (exact) mass is 302 g/mol. The van der Waals surface area contributed by atoms with E-state index in [0.29, 0.717) is 0 Å². The molecule has 0 bridgehead atoms. The normalized spacial score (nSPS) is 18.3. The van der Waals surface area contributed by atoms with Crippen LogP contribution in [0.1, 0.15) is 91.4 Å². The van der Waals surface area contributed by atoms with Gasteiger partial charge in [0.25, 0.3) is 0 Å². The van der Waals surface area contributed by atoms with Crippen LogP contribution in [-0.2, 0) is 0 Å². The summed E-state index contributed by atoms with van der Waals surface area (Å²) >= 11 is 0. The van der Waals surface area contributed by atoms with Crippen molar-refractivity contribution in [3.63, 3.8) is 0 Å². The predicted octanol–water partition coefficient (Wildman–Crippen LogP) is 7.62. The molecular formula is C22H38. The Labute approximate surface area is 139 Å². The maximum atomic E-state index is 3.88. The topological polar surface area (TPSA) is 0 Å². The molecule has 0 aromatic heterocycles. The Kier molecular flexibility index (Phi) is 10.3. The van der Waals surface area contributed by atoms with Crippen LogP contribution in [0, 0.1) is 11.8 Å². The molecule has 126 valence electrons. The van der Waals surface area contributed by atoms with Gasteiger partial charge in [-0.2, -0.15) is 0 Å². The largest absolute Gasteiger partial charge is 0.103 e. The molecule has 1 saturated carbocycles. The first-order valence-corrected chi connectivity index (χ1v) is 9.64. The van der Waals surface area contributed by atoms with E-state index in [2.05, 4.69) is 45.6 Å². The lowest BCUT2D eigenvalue weighted by Gasteiger charge is -2.14. The SMILES string of the molecule is C=CCC(C)CC(=CCCC)CCCC(C)C=C1CCCC1. The third kappa shape index (κ3) is 8.61. The van der Waals surface area contributed by atoms with Crippen LogP contribution in [0.3, 0.4) is 0 Å². The van der Waals surface area contributed by atoms with E-state index >= 15 is 0 Å². The van der Waals surface area contributed by atoms with Gasteiger partial charge in [-0.1, -0.05) is 56.6 Å². The van der Waals surface area contributed by atoms with Gasteiger partial charge in [0.05, 0.1) is 0 Å². The van der Waals surface area contributed by atoms with Gasteiger partial charge < -0.3 is 0 Å². The van der Waals surface area contributed by atoms with Crippen LogP contribution in [0.2, 0.25) is 0 Å². The van der Waals surface area contributed by atoms with Crippen LogP contribution < -0.4 is 0 Å². The fraction of sp³-hybridized carbons (Fsp3) is 0.727. The summed E-state index contributed by atoms with van der Waals surface area (Å²) in [7, 11) is 0. The summed E-state index contributed by atoms with van der Waals surface area (Å²) in [4.78, 5) is 0. The van der Waals surface area contributed by atoms with Gasteiger partial charge in [-0.25, -0.2) is 0 Å². The zero-order chi connectivity index (χ0) is 16.2. The highest BCUT2D eigenvalue weighted by Gasteiger charge is 2.09. The second kappa shape index (κ2) is 11.7. The van der Waals surface area contributed by atoms with Gasteiger partial charge in [-0.3, -0.25) is 0 Å². The summed E-state index contributed by atoms with van der Waals surface area (Å²) < 4.78 is 0. The lowest BCUT2D eigenvalue weighted by Crippen LogP contribution is -1.98. The van der Waals surface area contributed by atoms with Crippen molar-refractivity contribution in [1.29, 1.82) is 0 Å². The molecule has 22 heavy (non-hydrogen) atoms. The number of unbranched alkanes of at least 4 members (excludes halogenated alkanes) is 1. The van der Waals surface area contributed by atoms with Crippen molar-refractivity contribution < 1.29 is 0 Å². The van der Waals surface area contributed by atoms with Crippen LogP contribution in [0.15, 0.2) is 36.0 Å². The second-order valence-corrected chi connectivity index (χ2v) is 7.39. The van der Waals surface area contributed by atoms with Crippen LogP contribution in [0.25, 0.3) is 0 Å². The number of allylic oxidation sites excluding steroid dienone is 5. The molecule has 0 N–H and O–H groups in total. The van der Waals surface area contributed by atoms with Gasteiger partial charge in [-0.15, -0.1) is 6.58 Å². The van der Waals surface area contributed by atoms with E-state index in [0.717, 1.165) is 18.3 Å². The minimum Gasteiger partial charge on any atom is -0.103 e. The second-order valence-electron chi connectivity index (χ2n) is 7.39. The lowest BCUT2D eigenvalue weighted by molar-refractivity contribution is 0.546. The average molecular weight is 303 g/mol. The predicted molar refractivity (Wildman–Crippen MR) is 101 cm³/mol. The molecule has 0 saturated heterocycles. The van der Waals surface area contributed by atoms with Gasteiger partial charge in [0.15, 0.2) is 0 Å². The van der Waals surface area contributed by atoms with Gasteiger partial charge in [-0.05, 0) is 76.0 Å². The minimum absolute atomic E-state index is 0.749. The summed E-state index contributed by atoms with van der Waals surface area (Å²) in [5.74, 6) is 1.52. The fourth-order valence-electron chi connectivity index (χ4n) is 3.58. The highest BCUT2D eigenvalue weighted by atomic mass is 14.2. The van der Waals surface area contributed by atoms with Crippen molar-refractivity contribution in [1.82, 2.24) is 0 Å². The summed E-state index contributed by atoms with van der Waals surface area (Å²) in [5.41, 5.74) is 3.42. The van der Waals surface area contributed by atoms with E-state index in [-0.39, 0.29) is 0 Å². The standard InChI is InChI=1S/C22H38/c1-5-7-13-21(17-19(3)11-6-2)16-10-12-20(4)18-22-14-8-9-15-22/h6,13,18-20H,2,5,7-12,14-17H2,1,3-4H3. The van der Waals surface area contributed by atoms with E-state index in [4.69, 9.17) is 0 Å². The van der Waals surface area contributed by atoms with Crippen molar-refractivity contribution in [2.24, 2.45) is 11.8 Å². The Bertz CT molecular complexity index is 350. The number of hydrogen-bond donors (Lipinski definition) is 0. The Balaban J connectivity index is 2.35. The summed E-state index contributed by atoms with van der Waals surface area (Å²) in [6, 6.07) is 0. The molecule has 0 amide bonds. The summed E-state index contributed by atoms with van der Waals surface area (Å²) in [6.07, 6.45) is 21.6. The van der Waals surface area contributed by atoms with Gasteiger partial charge in [0.1, 0.15) is 0 Å². The third-order valence-electron chi connectivity index (χ3n) is 4.82. The Morgan fingerprint density at radius 1 is 1.23 bits per heavy atom. The van der Waals surface area contributed by atoms with E-state index < -0.39 is 0 Å². The van der Waals surface area contributed by atoms with Crippen molar-refractivity contribution >= 4 is 0 Å². The molecule has 2 atom stereocenters. The van der Waals surface area contributed by atoms with Crippen molar-refractivity contribution in [3.8, 4) is 0 Å². The molecular weight excluding hydrogens is 264 g/mol. The highest BCUT2D eigenvalue weighted by molar-refractivity contribution is 5.08. The van der Waals surface area contributed by atoms with Crippen LogP contribution in [0.5, 0.6) is 0 Å². The van der Waals surface area contributed by atoms with Crippen LogP contribution in [-0.4, -0.2) is 0 Å². The molecule has 0 heteroatoms. The summed E-state index contributed by atoms with van der Waals surface area (Å²) in [6.45, 7) is 10.9. The van der Waals surface area contributed by atoms with Gasteiger partial charge in [0.2, 0.25) is 0 Å². The molecule has 2 unspecified atom stereocenters. The molecule has 1 fully saturated rings. The highest BCUT2D eigenvalue weighted by Crippen LogP contribution is 2.27. The number of rotatable bonds is 11. The summed E-state index contributed by atoms with van der Waals surface area (Å²) in [5, 5.41) is 0. The molecule has 0 nitrogen and oxygen atoms in total. The third-order valence-corrected chi connectivity index (χ3v) is 4.82. The van der Waals surface area contributed by atoms with E-state index in [1.165, 1.54) is 64.2 Å². The molecule has 0 heterocycles. The Morgan fingerprint density at radius 2 is 1.95 bits per heavy atom. The molecule has 1 aliphatic rings. The van der Waals surface area contributed by atoms with Crippen molar-refractivity contribution in [2.75, 3.05) is 0 Å². The number of hydrogen-bond acceptors (Lipinski definition) is 0. The molecule has 0 aromatic rings. The Hall–Kier alpha value is -0.780. The van der Waals surface area contributed by atoms with Crippen LogP contribution >= 0.6 is 0 Å². The fourth-order valence-corrected chi connectivity index (χ4v) is 3.58. The van der Waals surface area contributed by atoms with Crippen LogP contribution in [0.4, 0.5) is 0 Å². The minimum atomic E-state index is 0.749. The van der Waals surface area contributed by atoms with Crippen molar-refractivity contribution in [2.45, 2.75) is 91.4 Å². The molecule has 0 spiro atoms. The molecule has 0 aliphatic heterocycles. The first-order chi connectivity index (χ1) is 10.7. The first-order valence-electron chi connectivity index (χ1n) is 9.64. The zero-order valence-corrected chi connectivity index (χ0v) is 15.4. The average Bonchev–Trinajstić information content (AvgIpc) is 2.97. The Morgan fingerprint density at radius 3 is 2.59 bits per heavy atom. The van der Waals surface area contributed by atoms with E-state index in [1.54, 1.807) is 11.1 Å². The maximum absolute atomic E-state index is 3.88. The molecule has 0 radical (unpaired) electrons. The van der Waals surface area contributed by atoms with Crippen molar-refractivity contribution in [3.05, 3.63) is 36.0 Å². The van der Waals surface area contributed by atoms with Gasteiger partial charge in [0, 0.05) is 0 Å². The first kappa shape index (κ1) is 19.3. The molecule has 0 aromatic carbocycles. The zero-order valence-electron chi connectivity index (χ0n) is 15.4. The smallest absolute Gasteiger partial charge is 0.0259 e. The molecule has 1 aliphatic carbocycles.